The van der Waals surface area contributed by atoms with E-state index in [0.717, 1.165) is 41.0 Å². The standard InChI is InChI=1S/C20H14F6N2O4S/c1-2-13(17(30)31)28-14-7-6-11(19(21,22)23)9-15(14)33-18(28)27-16(29)10-4-3-5-12(8-10)32-20(24,25)26/h3-9,13H,2H2,1H3,(H,30,31). The number of hydrogen-bond donors (Lipinski definition) is 1. The first-order chi connectivity index (χ1) is 15.3. The quantitative estimate of drug-likeness (QED) is 0.484. The number of fused-ring (bicyclic) bond motifs is 1. The van der Waals surface area contributed by atoms with E-state index in [0.29, 0.717) is 11.3 Å². The van der Waals surface area contributed by atoms with Gasteiger partial charge < -0.3 is 14.4 Å². The van der Waals surface area contributed by atoms with Crippen LogP contribution in [0.25, 0.3) is 10.2 Å². The van der Waals surface area contributed by atoms with Gasteiger partial charge in [0.25, 0.3) is 5.91 Å². The van der Waals surface area contributed by atoms with Gasteiger partial charge in [-0.3, -0.25) is 4.79 Å². The minimum absolute atomic E-state index is 0.0263. The lowest BCUT2D eigenvalue weighted by molar-refractivity contribution is -0.274. The van der Waals surface area contributed by atoms with E-state index in [1.807, 2.05) is 0 Å². The molecule has 1 atom stereocenters. The summed E-state index contributed by atoms with van der Waals surface area (Å²) in [4.78, 5) is 28.0. The van der Waals surface area contributed by atoms with Gasteiger partial charge >= 0.3 is 18.5 Å². The second-order valence-corrected chi connectivity index (χ2v) is 7.70. The van der Waals surface area contributed by atoms with E-state index in [1.165, 1.54) is 13.0 Å². The fraction of sp³-hybridized carbons (Fsp3) is 0.250. The number of carboxylic acid groups (broad SMARTS) is 1. The van der Waals surface area contributed by atoms with Gasteiger partial charge in [0.05, 0.1) is 15.8 Å². The number of halogens is 6. The van der Waals surface area contributed by atoms with Gasteiger partial charge in [-0.15, -0.1) is 13.2 Å². The molecule has 176 valence electrons. The number of alkyl halides is 6. The van der Waals surface area contributed by atoms with E-state index < -0.39 is 41.8 Å². The van der Waals surface area contributed by atoms with Gasteiger partial charge in [0.1, 0.15) is 11.8 Å². The van der Waals surface area contributed by atoms with Crippen LogP contribution in [0.4, 0.5) is 26.3 Å². The highest BCUT2D eigenvalue weighted by Gasteiger charge is 2.32. The zero-order valence-corrected chi connectivity index (χ0v) is 17.4. The fourth-order valence-corrected chi connectivity index (χ4v) is 4.15. The Morgan fingerprint density at radius 3 is 2.39 bits per heavy atom. The van der Waals surface area contributed by atoms with Crippen molar-refractivity contribution in [2.45, 2.75) is 31.9 Å². The number of carboxylic acids is 1. The van der Waals surface area contributed by atoms with Crippen molar-refractivity contribution in [3.8, 4) is 5.75 Å². The Morgan fingerprint density at radius 1 is 1.12 bits per heavy atom. The van der Waals surface area contributed by atoms with Gasteiger partial charge in [-0.25, -0.2) is 4.79 Å². The van der Waals surface area contributed by atoms with Gasteiger partial charge in [0.15, 0.2) is 4.80 Å². The maximum Gasteiger partial charge on any atom is 0.573 e. The summed E-state index contributed by atoms with van der Waals surface area (Å²) in [5, 5.41) is 9.56. The van der Waals surface area contributed by atoms with Crippen LogP contribution in [0.2, 0.25) is 0 Å². The van der Waals surface area contributed by atoms with Crippen molar-refractivity contribution in [1.82, 2.24) is 4.57 Å². The van der Waals surface area contributed by atoms with E-state index in [-0.39, 0.29) is 27.0 Å². The number of hydrogen-bond acceptors (Lipinski definition) is 4. The average molecular weight is 492 g/mol. The monoisotopic (exact) mass is 492 g/mol. The number of carbonyl (C=O) groups excluding carboxylic acids is 1. The molecular formula is C20H14F6N2O4S. The summed E-state index contributed by atoms with van der Waals surface area (Å²) in [6, 6.07) is 5.50. The van der Waals surface area contributed by atoms with Gasteiger partial charge in [0, 0.05) is 5.56 Å². The SMILES string of the molecule is CCC(C(=O)O)n1c(=NC(=O)c2cccc(OC(F)(F)F)c2)sc2cc(C(F)(F)F)ccc21. The third kappa shape index (κ3) is 5.53. The average Bonchev–Trinajstić information content (AvgIpc) is 3.03. The van der Waals surface area contributed by atoms with Gasteiger partial charge in [-0.1, -0.05) is 24.3 Å². The van der Waals surface area contributed by atoms with Crippen molar-refractivity contribution in [1.29, 1.82) is 0 Å². The number of carbonyl (C=O) groups is 2. The first-order valence-electron chi connectivity index (χ1n) is 9.20. The zero-order valence-electron chi connectivity index (χ0n) is 16.6. The number of ether oxygens (including phenoxy) is 1. The van der Waals surface area contributed by atoms with E-state index >= 15 is 0 Å². The third-order valence-electron chi connectivity index (χ3n) is 4.45. The van der Waals surface area contributed by atoms with Crippen molar-refractivity contribution < 1.29 is 45.8 Å². The van der Waals surface area contributed by atoms with Crippen LogP contribution in [0.5, 0.6) is 5.75 Å². The number of rotatable bonds is 5. The first kappa shape index (κ1) is 24.3. The summed E-state index contributed by atoms with van der Waals surface area (Å²) in [5.74, 6) is -3.00. The summed E-state index contributed by atoms with van der Waals surface area (Å²) in [6.07, 6.45) is -9.61. The molecule has 0 aliphatic rings. The molecule has 33 heavy (non-hydrogen) atoms. The minimum Gasteiger partial charge on any atom is -0.480 e. The highest BCUT2D eigenvalue weighted by atomic mass is 32.1. The summed E-state index contributed by atoms with van der Waals surface area (Å²) >= 11 is 0.653. The number of thiazole rings is 1. The molecule has 1 N–H and O–H groups in total. The predicted molar refractivity (Wildman–Crippen MR) is 105 cm³/mol. The van der Waals surface area contributed by atoms with Gasteiger partial charge in [-0.2, -0.15) is 18.2 Å². The number of nitrogens with zero attached hydrogens (tertiary/aromatic N) is 2. The third-order valence-corrected chi connectivity index (χ3v) is 5.47. The Kier molecular flexibility index (Phi) is 6.54. The van der Waals surface area contributed by atoms with Crippen LogP contribution in [-0.2, 0) is 11.0 Å². The van der Waals surface area contributed by atoms with Gasteiger partial charge in [0.2, 0.25) is 0 Å². The largest absolute Gasteiger partial charge is 0.573 e. The number of aliphatic carboxylic acids is 1. The van der Waals surface area contributed by atoms with Crippen LogP contribution in [0, 0.1) is 0 Å². The maximum absolute atomic E-state index is 13.1. The molecule has 1 aromatic heterocycles. The summed E-state index contributed by atoms with van der Waals surface area (Å²) in [7, 11) is 0. The molecular weight excluding hydrogens is 478 g/mol. The summed E-state index contributed by atoms with van der Waals surface area (Å²) in [6.45, 7) is 1.53. The Bertz CT molecular complexity index is 1280. The molecule has 2 aromatic carbocycles. The van der Waals surface area contributed by atoms with Crippen LogP contribution in [0.15, 0.2) is 47.5 Å². The van der Waals surface area contributed by atoms with Crippen molar-refractivity contribution in [2.24, 2.45) is 4.99 Å². The summed E-state index contributed by atoms with van der Waals surface area (Å²) < 4.78 is 81.5. The predicted octanol–water partition coefficient (Wildman–Crippen LogP) is 5.40. The van der Waals surface area contributed by atoms with Crippen LogP contribution in [0.1, 0.15) is 35.3 Å². The van der Waals surface area contributed by atoms with Crippen molar-refractivity contribution >= 4 is 33.4 Å². The number of amides is 1. The number of benzene rings is 2. The van der Waals surface area contributed by atoms with Crippen molar-refractivity contribution in [3.05, 3.63) is 58.4 Å². The molecule has 0 aliphatic heterocycles. The first-order valence-corrected chi connectivity index (χ1v) is 10.0. The molecule has 0 bridgehead atoms. The Morgan fingerprint density at radius 2 is 1.82 bits per heavy atom. The molecule has 0 saturated heterocycles. The summed E-state index contributed by atoms with van der Waals surface area (Å²) in [5.41, 5.74) is -1.15. The van der Waals surface area contributed by atoms with E-state index in [1.54, 1.807) is 0 Å². The lowest BCUT2D eigenvalue weighted by atomic mass is 10.2. The lowest BCUT2D eigenvalue weighted by Crippen LogP contribution is -2.27. The molecule has 0 spiro atoms. The molecule has 3 aromatic rings. The maximum atomic E-state index is 13.1. The molecule has 1 unspecified atom stereocenters. The smallest absolute Gasteiger partial charge is 0.480 e. The van der Waals surface area contributed by atoms with Crippen molar-refractivity contribution in [3.63, 3.8) is 0 Å². The topological polar surface area (TPSA) is 80.9 Å². The lowest BCUT2D eigenvalue weighted by Gasteiger charge is -2.14. The van der Waals surface area contributed by atoms with E-state index in [2.05, 4.69) is 9.73 Å². The van der Waals surface area contributed by atoms with Crippen LogP contribution in [0.3, 0.4) is 0 Å². The second-order valence-electron chi connectivity index (χ2n) is 6.69. The Balaban J connectivity index is 2.17. The van der Waals surface area contributed by atoms with Crippen LogP contribution in [-0.4, -0.2) is 27.9 Å². The van der Waals surface area contributed by atoms with Gasteiger partial charge in [-0.05, 0) is 42.8 Å². The molecule has 3 rings (SSSR count). The molecule has 0 fully saturated rings. The molecule has 0 radical (unpaired) electrons. The van der Waals surface area contributed by atoms with E-state index in [4.69, 9.17) is 0 Å². The van der Waals surface area contributed by atoms with Crippen LogP contribution < -0.4 is 9.54 Å². The Labute approximate surface area is 185 Å². The van der Waals surface area contributed by atoms with E-state index in [9.17, 15) is 41.0 Å². The minimum atomic E-state index is -4.99. The second kappa shape index (κ2) is 8.89. The fourth-order valence-electron chi connectivity index (χ4n) is 3.04. The van der Waals surface area contributed by atoms with Crippen molar-refractivity contribution in [2.75, 3.05) is 0 Å². The highest BCUT2D eigenvalue weighted by molar-refractivity contribution is 7.16. The highest BCUT2D eigenvalue weighted by Crippen LogP contribution is 2.33. The zero-order chi connectivity index (χ0) is 24.6. The molecule has 1 amide bonds. The molecule has 6 nitrogen and oxygen atoms in total. The molecule has 0 aliphatic carbocycles. The molecule has 0 saturated carbocycles. The molecule has 13 heteroatoms. The van der Waals surface area contributed by atoms with Crippen LogP contribution >= 0.6 is 11.3 Å². The number of aromatic nitrogens is 1. The normalized spacial score (nSPS) is 13.8. The molecule has 1 heterocycles. The Hall–Kier alpha value is -3.35.